The summed E-state index contributed by atoms with van der Waals surface area (Å²) in [6.07, 6.45) is 5.20. The van der Waals surface area contributed by atoms with Crippen LogP contribution < -0.4 is 0 Å². The number of rotatable bonds is 4. The van der Waals surface area contributed by atoms with Gasteiger partial charge >= 0.3 is 6.09 Å². The van der Waals surface area contributed by atoms with Gasteiger partial charge in [0, 0.05) is 24.7 Å². The van der Waals surface area contributed by atoms with Crippen LogP contribution >= 0.6 is 0 Å². The van der Waals surface area contributed by atoms with Crippen LogP contribution in [0.1, 0.15) is 65.7 Å². The number of likely N-dealkylation sites (tertiary alicyclic amines) is 2. The normalized spacial score (nSPS) is 25.3. The van der Waals surface area contributed by atoms with Gasteiger partial charge in [0.05, 0.1) is 13.1 Å². The lowest BCUT2D eigenvalue weighted by molar-refractivity contribution is -0.157. The molecule has 0 spiro atoms. The number of amides is 2. The van der Waals surface area contributed by atoms with Crippen molar-refractivity contribution in [3.8, 4) is 0 Å². The summed E-state index contributed by atoms with van der Waals surface area (Å²) in [6, 6.07) is -0.581. The molecular weight excluding hydrogens is 380 g/mol. The predicted octanol–water partition coefficient (Wildman–Crippen LogP) is 3.66. The molecule has 0 unspecified atom stereocenters. The third-order valence-electron chi connectivity index (χ3n) is 6.72. The Labute approximate surface area is 172 Å². The number of hydrogen-bond acceptors (Lipinski definition) is 3. The molecule has 0 aromatic heterocycles. The Morgan fingerprint density at radius 1 is 1.03 bits per heavy atom. The summed E-state index contributed by atoms with van der Waals surface area (Å²) >= 11 is 0. The second kappa shape index (κ2) is 8.36. The molecular formula is C21H35F2N3O3. The fraction of sp³-hybridized carbons (Fsp3) is 0.905. The zero-order chi connectivity index (χ0) is 21.4. The molecule has 2 saturated heterocycles. The highest BCUT2D eigenvalue weighted by atomic mass is 19.3. The van der Waals surface area contributed by atoms with Crippen LogP contribution in [0.4, 0.5) is 13.6 Å². The molecule has 8 heteroatoms. The van der Waals surface area contributed by atoms with E-state index in [2.05, 4.69) is 0 Å². The predicted molar refractivity (Wildman–Crippen MR) is 106 cm³/mol. The number of alkyl halides is 2. The van der Waals surface area contributed by atoms with E-state index >= 15 is 0 Å². The van der Waals surface area contributed by atoms with Crippen LogP contribution in [0.25, 0.3) is 0 Å². The standard InChI is InChI=1S/C21H35F2N3O3/c1-20(2,3)26(19(28)29)17(15-7-5-4-6-8-15)18(27)24-11-9-16(10-12-24)25-13-21(22,23)14-25/h15-17H,4-14H2,1-3H3,(H,28,29)/t17-/m0/s1. The highest BCUT2D eigenvalue weighted by Crippen LogP contribution is 2.35. The monoisotopic (exact) mass is 415 g/mol. The van der Waals surface area contributed by atoms with Crippen molar-refractivity contribution < 1.29 is 23.5 Å². The van der Waals surface area contributed by atoms with Crippen LogP contribution in [0, 0.1) is 5.92 Å². The van der Waals surface area contributed by atoms with Crippen molar-refractivity contribution in [3.05, 3.63) is 0 Å². The second-order valence-electron chi connectivity index (χ2n) is 9.98. The van der Waals surface area contributed by atoms with Gasteiger partial charge in [0.25, 0.3) is 5.92 Å². The van der Waals surface area contributed by atoms with Crippen LogP contribution in [-0.4, -0.2) is 81.5 Å². The summed E-state index contributed by atoms with van der Waals surface area (Å²) in [5, 5.41) is 9.94. The molecule has 0 aromatic rings. The van der Waals surface area contributed by atoms with Gasteiger partial charge in [0.15, 0.2) is 0 Å². The van der Waals surface area contributed by atoms with Gasteiger partial charge in [-0.15, -0.1) is 0 Å². The SMILES string of the molecule is CC(C)(C)N(C(=O)O)[C@H](C(=O)N1CCC(N2CC(F)(F)C2)CC1)C1CCCCC1. The topological polar surface area (TPSA) is 64.1 Å². The van der Waals surface area contributed by atoms with Gasteiger partial charge in [-0.2, -0.15) is 0 Å². The Hall–Kier alpha value is -1.44. The number of carboxylic acid groups (broad SMARTS) is 1. The molecule has 3 rings (SSSR count). The third kappa shape index (κ3) is 5.01. The smallest absolute Gasteiger partial charge is 0.408 e. The first kappa shape index (κ1) is 22.2. The molecule has 0 bridgehead atoms. The molecule has 3 fully saturated rings. The van der Waals surface area contributed by atoms with Gasteiger partial charge in [-0.1, -0.05) is 19.3 Å². The molecule has 29 heavy (non-hydrogen) atoms. The van der Waals surface area contributed by atoms with E-state index in [0.29, 0.717) is 25.9 Å². The quantitative estimate of drug-likeness (QED) is 0.761. The number of hydrogen-bond donors (Lipinski definition) is 1. The Bertz CT molecular complexity index is 601. The average Bonchev–Trinajstić information content (AvgIpc) is 2.63. The lowest BCUT2D eigenvalue weighted by Crippen LogP contribution is -2.64. The van der Waals surface area contributed by atoms with E-state index in [1.807, 2.05) is 20.8 Å². The van der Waals surface area contributed by atoms with Crippen LogP contribution in [0.3, 0.4) is 0 Å². The summed E-state index contributed by atoms with van der Waals surface area (Å²) in [7, 11) is 0. The molecule has 2 amide bonds. The van der Waals surface area contributed by atoms with Gasteiger partial charge in [-0.3, -0.25) is 14.6 Å². The zero-order valence-corrected chi connectivity index (χ0v) is 17.9. The van der Waals surface area contributed by atoms with E-state index in [4.69, 9.17) is 0 Å². The Morgan fingerprint density at radius 3 is 2.03 bits per heavy atom. The first-order valence-corrected chi connectivity index (χ1v) is 10.9. The molecule has 3 aliphatic rings. The van der Waals surface area contributed by atoms with E-state index in [1.54, 1.807) is 9.80 Å². The van der Waals surface area contributed by atoms with Crippen LogP contribution in [0.5, 0.6) is 0 Å². The summed E-state index contributed by atoms with van der Waals surface area (Å²) in [6.45, 7) is 6.14. The lowest BCUT2D eigenvalue weighted by Gasteiger charge is -2.48. The van der Waals surface area contributed by atoms with Crippen molar-refractivity contribution in [2.24, 2.45) is 5.92 Å². The minimum Gasteiger partial charge on any atom is -0.465 e. The van der Waals surface area contributed by atoms with Crippen molar-refractivity contribution in [2.75, 3.05) is 26.2 Å². The molecule has 6 nitrogen and oxygen atoms in total. The van der Waals surface area contributed by atoms with Crippen LogP contribution in [-0.2, 0) is 4.79 Å². The zero-order valence-electron chi connectivity index (χ0n) is 17.9. The van der Waals surface area contributed by atoms with E-state index < -0.39 is 23.6 Å². The maximum absolute atomic E-state index is 13.5. The maximum Gasteiger partial charge on any atom is 0.408 e. The molecule has 1 atom stereocenters. The fourth-order valence-electron chi connectivity index (χ4n) is 5.24. The highest BCUT2D eigenvalue weighted by Gasteiger charge is 2.48. The average molecular weight is 416 g/mol. The van der Waals surface area contributed by atoms with Crippen LogP contribution in [0.2, 0.25) is 0 Å². The van der Waals surface area contributed by atoms with E-state index in [-0.39, 0.29) is 31.0 Å². The Kier molecular flexibility index (Phi) is 6.41. The summed E-state index contributed by atoms with van der Waals surface area (Å²) in [5.41, 5.74) is -0.675. The van der Waals surface area contributed by atoms with E-state index in [1.165, 1.54) is 4.90 Å². The second-order valence-corrected chi connectivity index (χ2v) is 9.98. The van der Waals surface area contributed by atoms with Gasteiger partial charge < -0.3 is 10.0 Å². The fourth-order valence-corrected chi connectivity index (χ4v) is 5.24. The van der Waals surface area contributed by atoms with Crippen molar-refractivity contribution in [1.82, 2.24) is 14.7 Å². The summed E-state index contributed by atoms with van der Waals surface area (Å²) < 4.78 is 26.3. The summed E-state index contributed by atoms with van der Waals surface area (Å²) in [5.74, 6) is -2.65. The van der Waals surface area contributed by atoms with Crippen molar-refractivity contribution in [3.63, 3.8) is 0 Å². The van der Waals surface area contributed by atoms with Crippen molar-refractivity contribution in [2.45, 2.75) is 89.3 Å². The maximum atomic E-state index is 13.5. The molecule has 166 valence electrons. The molecule has 1 N–H and O–H groups in total. The number of carbonyl (C=O) groups excluding carboxylic acids is 1. The molecule has 1 saturated carbocycles. The highest BCUT2D eigenvalue weighted by molar-refractivity contribution is 5.86. The largest absolute Gasteiger partial charge is 0.465 e. The van der Waals surface area contributed by atoms with E-state index in [0.717, 1.165) is 32.1 Å². The number of carbonyl (C=O) groups is 2. The first-order valence-electron chi connectivity index (χ1n) is 10.9. The Morgan fingerprint density at radius 2 is 1.59 bits per heavy atom. The van der Waals surface area contributed by atoms with Crippen molar-refractivity contribution >= 4 is 12.0 Å². The molecule has 1 aliphatic carbocycles. The molecule has 0 aromatic carbocycles. The minimum absolute atomic E-state index is 0.0402. The molecule has 2 heterocycles. The number of halogens is 2. The van der Waals surface area contributed by atoms with Gasteiger partial charge in [0.2, 0.25) is 5.91 Å². The van der Waals surface area contributed by atoms with Gasteiger partial charge in [0.1, 0.15) is 6.04 Å². The molecule has 0 radical (unpaired) electrons. The Balaban J connectivity index is 1.70. The minimum atomic E-state index is -2.58. The lowest BCUT2D eigenvalue weighted by atomic mass is 9.81. The third-order valence-corrected chi connectivity index (χ3v) is 6.72. The number of nitrogens with zero attached hydrogens (tertiary/aromatic N) is 3. The molecule has 2 aliphatic heterocycles. The van der Waals surface area contributed by atoms with E-state index in [9.17, 15) is 23.5 Å². The van der Waals surface area contributed by atoms with Crippen LogP contribution in [0.15, 0.2) is 0 Å². The van der Waals surface area contributed by atoms with Gasteiger partial charge in [-0.05, 0) is 52.4 Å². The van der Waals surface area contributed by atoms with Crippen molar-refractivity contribution in [1.29, 1.82) is 0 Å². The van der Waals surface area contributed by atoms with Gasteiger partial charge in [-0.25, -0.2) is 13.6 Å². The summed E-state index contributed by atoms with van der Waals surface area (Å²) in [4.78, 5) is 30.6. The first-order chi connectivity index (χ1) is 13.5. The number of piperidine rings is 1.